The van der Waals surface area contributed by atoms with Crippen LogP contribution in [-0.4, -0.2) is 26.3 Å². The summed E-state index contributed by atoms with van der Waals surface area (Å²) in [7, 11) is 1.41. The fourth-order valence-electron chi connectivity index (χ4n) is 1.01. The van der Waals surface area contributed by atoms with Gasteiger partial charge in [-0.05, 0) is 12.1 Å². The van der Waals surface area contributed by atoms with Crippen LogP contribution in [0.2, 0.25) is 0 Å². The van der Waals surface area contributed by atoms with E-state index in [0.29, 0.717) is 6.07 Å². The smallest absolute Gasteiger partial charge is 0.191 e. The predicted molar refractivity (Wildman–Crippen MR) is 48.5 cm³/mol. The number of hydrogen-bond acceptors (Lipinski definition) is 3. The zero-order valence-corrected chi connectivity index (χ0v) is 8.13. The van der Waals surface area contributed by atoms with Crippen LogP contribution >= 0.6 is 0 Å². The molecule has 3 nitrogen and oxygen atoms in total. The largest absolute Gasteiger partial charge is 0.359 e. The van der Waals surface area contributed by atoms with Crippen molar-refractivity contribution in [1.82, 2.24) is 0 Å². The Morgan fingerprint density at radius 1 is 1.40 bits per heavy atom. The highest BCUT2D eigenvalue weighted by molar-refractivity contribution is 5.97. The zero-order chi connectivity index (χ0) is 11.3. The average Bonchev–Trinajstić information content (AvgIpc) is 2.17. The standard InChI is InChI=1S/C10H10F2O3/c1-14-6-15-5-10(13)8-3-2-7(11)4-9(8)12/h2-4H,5-6H2,1H3. The van der Waals surface area contributed by atoms with Gasteiger partial charge in [0.2, 0.25) is 0 Å². The molecule has 0 aliphatic rings. The Balaban J connectivity index is 2.65. The Bertz CT molecular complexity index is 353. The van der Waals surface area contributed by atoms with Crippen molar-refractivity contribution in [2.45, 2.75) is 0 Å². The number of ether oxygens (including phenoxy) is 2. The number of Topliss-reactive ketones (excluding diaryl/α,β-unsaturated/α-hetero) is 1. The maximum Gasteiger partial charge on any atom is 0.191 e. The van der Waals surface area contributed by atoms with Crippen molar-refractivity contribution >= 4 is 5.78 Å². The van der Waals surface area contributed by atoms with E-state index in [-0.39, 0.29) is 19.0 Å². The van der Waals surface area contributed by atoms with E-state index in [2.05, 4.69) is 4.74 Å². The third-order valence-corrected chi connectivity index (χ3v) is 1.67. The van der Waals surface area contributed by atoms with E-state index in [9.17, 15) is 13.6 Å². The minimum atomic E-state index is -0.888. The number of benzene rings is 1. The van der Waals surface area contributed by atoms with E-state index < -0.39 is 17.4 Å². The molecule has 0 aliphatic carbocycles. The summed E-state index contributed by atoms with van der Waals surface area (Å²) in [6.45, 7) is -0.342. The van der Waals surface area contributed by atoms with E-state index in [0.717, 1.165) is 12.1 Å². The first-order valence-electron chi connectivity index (χ1n) is 4.20. The topological polar surface area (TPSA) is 35.5 Å². The van der Waals surface area contributed by atoms with Crippen LogP contribution < -0.4 is 0 Å². The third-order valence-electron chi connectivity index (χ3n) is 1.67. The number of hydrogen-bond donors (Lipinski definition) is 0. The molecule has 0 radical (unpaired) electrons. The maximum atomic E-state index is 13.1. The first kappa shape index (κ1) is 11.7. The summed E-state index contributed by atoms with van der Waals surface area (Å²) >= 11 is 0. The quantitative estimate of drug-likeness (QED) is 0.427. The Morgan fingerprint density at radius 2 is 2.13 bits per heavy atom. The first-order valence-corrected chi connectivity index (χ1v) is 4.20. The van der Waals surface area contributed by atoms with Gasteiger partial charge in [0, 0.05) is 13.2 Å². The van der Waals surface area contributed by atoms with Crippen LogP contribution in [-0.2, 0) is 9.47 Å². The molecule has 1 rings (SSSR count). The molecular weight excluding hydrogens is 206 g/mol. The van der Waals surface area contributed by atoms with Crippen LogP contribution in [0.1, 0.15) is 10.4 Å². The van der Waals surface area contributed by atoms with Gasteiger partial charge in [-0.15, -0.1) is 0 Å². The molecule has 0 saturated carbocycles. The highest BCUT2D eigenvalue weighted by Gasteiger charge is 2.12. The van der Waals surface area contributed by atoms with Crippen LogP contribution in [0.4, 0.5) is 8.78 Å². The Hall–Kier alpha value is -1.33. The predicted octanol–water partition coefficient (Wildman–Crippen LogP) is 1.77. The van der Waals surface area contributed by atoms with Crippen LogP contribution in [0.15, 0.2) is 18.2 Å². The SMILES string of the molecule is COCOCC(=O)c1ccc(F)cc1F. The van der Waals surface area contributed by atoms with E-state index in [1.807, 2.05) is 0 Å². The summed E-state index contributed by atoms with van der Waals surface area (Å²) in [5.74, 6) is -2.16. The second-order valence-corrected chi connectivity index (χ2v) is 2.80. The van der Waals surface area contributed by atoms with E-state index in [1.54, 1.807) is 0 Å². The fourth-order valence-corrected chi connectivity index (χ4v) is 1.01. The summed E-state index contributed by atoms with van der Waals surface area (Å²) in [4.78, 5) is 11.3. The van der Waals surface area contributed by atoms with Crippen LogP contribution in [0.5, 0.6) is 0 Å². The lowest BCUT2D eigenvalue weighted by Crippen LogP contribution is -2.12. The van der Waals surface area contributed by atoms with Gasteiger partial charge < -0.3 is 9.47 Å². The third kappa shape index (κ3) is 3.38. The van der Waals surface area contributed by atoms with Gasteiger partial charge in [-0.1, -0.05) is 0 Å². The normalized spacial score (nSPS) is 10.3. The van der Waals surface area contributed by atoms with Gasteiger partial charge in [0.15, 0.2) is 5.78 Å². The van der Waals surface area contributed by atoms with E-state index in [1.165, 1.54) is 7.11 Å². The molecule has 0 fully saturated rings. The molecular formula is C10H10F2O3. The molecule has 5 heteroatoms. The summed E-state index contributed by atoms with van der Waals surface area (Å²) < 4.78 is 34.9. The van der Waals surface area contributed by atoms with Crippen molar-refractivity contribution in [3.63, 3.8) is 0 Å². The first-order chi connectivity index (χ1) is 7.15. The Labute approximate surface area is 85.6 Å². The minimum Gasteiger partial charge on any atom is -0.359 e. The lowest BCUT2D eigenvalue weighted by atomic mass is 10.1. The van der Waals surface area contributed by atoms with Crippen molar-refractivity contribution in [3.05, 3.63) is 35.4 Å². The summed E-state index contributed by atoms with van der Waals surface area (Å²) in [5, 5.41) is 0. The van der Waals surface area contributed by atoms with Gasteiger partial charge in [0.05, 0.1) is 5.56 Å². The number of carbonyl (C=O) groups excluding carboxylic acids is 1. The molecule has 0 atom stereocenters. The Kier molecular flexibility index (Phi) is 4.33. The monoisotopic (exact) mass is 216 g/mol. The highest BCUT2D eigenvalue weighted by Crippen LogP contribution is 2.10. The lowest BCUT2D eigenvalue weighted by molar-refractivity contribution is -0.0238. The molecule has 0 aromatic heterocycles. The molecule has 0 amide bonds. The molecule has 82 valence electrons. The van der Waals surface area contributed by atoms with Crippen molar-refractivity contribution < 1.29 is 23.0 Å². The van der Waals surface area contributed by atoms with E-state index >= 15 is 0 Å². The number of rotatable bonds is 5. The Morgan fingerprint density at radius 3 is 2.73 bits per heavy atom. The number of halogens is 2. The van der Waals surface area contributed by atoms with Crippen LogP contribution in [0.3, 0.4) is 0 Å². The van der Waals surface area contributed by atoms with Crippen molar-refractivity contribution in [2.24, 2.45) is 0 Å². The second-order valence-electron chi connectivity index (χ2n) is 2.80. The highest BCUT2D eigenvalue weighted by atomic mass is 19.1. The molecule has 0 N–H and O–H groups in total. The summed E-state index contributed by atoms with van der Waals surface area (Å²) in [5.41, 5.74) is -0.187. The summed E-state index contributed by atoms with van der Waals surface area (Å²) in [6, 6.07) is 2.76. The molecule has 0 bridgehead atoms. The molecule has 0 spiro atoms. The van der Waals surface area contributed by atoms with Gasteiger partial charge in [-0.2, -0.15) is 0 Å². The van der Waals surface area contributed by atoms with Gasteiger partial charge >= 0.3 is 0 Å². The lowest BCUT2D eigenvalue weighted by Gasteiger charge is -2.03. The second kappa shape index (κ2) is 5.53. The summed E-state index contributed by atoms with van der Waals surface area (Å²) in [6.07, 6.45) is 0. The number of carbonyl (C=O) groups is 1. The maximum absolute atomic E-state index is 13.1. The van der Waals surface area contributed by atoms with Gasteiger partial charge in [-0.25, -0.2) is 8.78 Å². The van der Waals surface area contributed by atoms with Crippen LogP contribution in [0.25, 0.3) is 0 Å². The molecule has 0 aliphatic heterocycles. The van der Waals surface area contributed by atoms with E-state index in [4.69, 9.17) is 4.74 Å². The number of ketones is 1. The average molecular weight is 216 g/mol. The van der Waals surface area contributed by atoms with Crippen LogP contribution in [0, 0.1) is 11.6 Å². The zero-order valence-electron chi connectivity index (χ0n) is 8.13. The van der Waals surface area contributed by atoms with Crippen molar-refractivity contribution in [1.29, 1.82) is 0 Å². The minimum absolute atomic E-state index is 0.0471. The molecule has 15 heavy (non-hydrogen) atoms. The number of methoxy groups -OCH3 is 1. The fraction of sp³-hybridized carbons (Fsp3) is 0.300. The molecule has 1 aromatic rings. The van der Waals surface area contributed by atoms with Gasteiger partial charge in [0.25, 0.3) is 0 Å². The van der Waals surface area contributed by atoms with Gasteiger partial charge in [-0.3, -0.25) is 4.79 Å². The molecule has 0 unspecified atom stereocenters. The molecule has 0 saturated heterocycles. The van der Waals surface area contributed by atoms with Crippen molar-refractivity contribution in [2.75, 3.05) is 20.5 Å². The molecule has 0 heterocycles. The van der Waals surface area contributed by atoms with Gasteiger partial charge in [0.1, 0.15) is 25.0 Å². The molecule has 1 aromatic carbocycles. The van der Waals surface area contributed by atoms with Crippen molar-refractivity contribution in [3.8, 4) is 0 Å².